The number of aromatic nitrogens is 2. The second-order valence-corrected chi connectivity index (χ2v) is 5.40. The number of hydrogen-bond acceptors (Lipinski definition) is 5. The van der Waals surface area contributed by atoms with E-state index < -0.39 is 5.91 Å². The third-order valence-corrected chi connectivity index (χ3v) is 3.58. The summed E-state index contributed by atoms with van der Waals surface area (Å²) in [7, 11) is 0. The van der Waals surface area contributed by atoms with Gasteiger partial charge in [-0.15, -0.1) is 0 Å². The number of carbonyl (C=O) groups excluding carboxylic acids is 1. The summed E-state index contributed by atoms with van der Waals surface area (Å²) in [5.74, 6) is -0.816. The largest absolute Gasteiger partial charge is 0.504 e. The van der Waals surface area contributed by atoms with Crippen molar-refractivity contribution in [2.24, 2.45) is 5.10 Å². The molecule has 4 N–H and O–H groups in total. The minimum atomic E-state index is -0.595. The maximum absolute atomic E-state index is 12.2. The normalized spacial score (nSPS) is 11.3. The number of nitrogens with zero attached hydrogens (tertiary/aromatic N) is 3. The van der Waals surface area contributed by atoms with Gasteiger partial charge in [0, 0.05) is 5.69 Å². The Bertz CT molecular complexity index is 914. The highest BCUT2D eigenvalue weighted by Crippen LogP contribution is 2.18. The lowest BCUT2D eigenvalue weighted by molar-refractivity contribution is 0.0947. The van der Waals surface area contributed by atoms with Gasteiger partial charge in [-0.25, -0.2) is 10.1 Å². The number of hydrazone groups is 1. The lowest BCUT2D eigenvalue weighted by Gasteiger charge is -2.02. The zero-order valence-electron chi connectivity index (χ0n) is 13.5. The molecule has 0 unspecified atom stereocenters. The topological polar surface area (TPSA) is 106 Å². The van der Waals surface area contributed by atoms with Gasteiger partial charge in [-0.2, -0.15) is 10.2 Å². The van der Waals surface area contributed by atoms with Crippen LogP contribution in [-0.4, -0.2) is 26.5 Å². The summed E-state index contributed by atoms with van der Waals surface area (Å²) < 4.78 is 1.43. The van der Waals surface area contributed by atoms with Crippen LogP contribution in [0.15, 0.2) is 65.9 Å². The smallest absolute Gasteiger partial charge is 0.295 e. The zero-order chi connectivity index (χ0) is 17.8. The van der Waals surface area contributed by atoms with Gasteiger partial charge in [-0.3, -0.25) is 4.79 Å². The first kappa shape index (κ1) is 16.3. The number of nitrogen functional groups attached to an aromatic ring is 1. The Morgan fingerprint density at radius 2 is 1.84 bits per heavy atom. The summed E-state index contributed by atoms with van der Waals surface area (Å²) in [5, 5.41) is 18.1. The van der Waals surface area contributed by atoms with Crippen LogP contribution in [0, 0.1) is 0 Å². The number of nitrogens with two attached hydrogens (primary N) is 1. The number of rotatable bonds is 4. The minimum absolute atomic E-state index is 0.0993. The van der Waals surface area contributed by atoms with Crippen LogP contribution in [-0.2, 0) is 0 Å². The third-order valence-electron chi connectivity index (χ3n) is 3.58. The molecule has 0 spiro atoms. The minimum Gasteiger partial charge on any atom is -0.504 e. The molecular formula is C18H17N5O2. The molecule has 1 aromatic heterocycles. The van der Waals surface area contributed by atoms with Gasteiger partial charge in [-0.1, -0.05) is 30.3 Å². The molecule has 3 rings (SSSR count). The second-order valence-electron chi connectivity index (χ2n) is 5.40. The number of amides is 1. The maximum Gasteiger partial charge on any atom is 0.295 e. The molecule has 25 heavy (non-hydrogen) atoms. The monoisotopic (exact) mass is 335 g/mol. The number of carbonyl (C=O) groups is 1. The fourth-order valence-electron chi connectivity index (χ4n) is 2.22. The van der Waals surface area contributed by atoms with Crippen LogP contribution in [0.25, 0.3) is 5.69 Å². The van der Waals surface area contributed by atoms with Crippen LogP contribution in [0.3, 0.4) is 0 Å². The van der Waals surface area contributed by atoms with Crippen LogP contribution in [0.5, 0.6) is 5.75 Å². The predicted molar refractivity (Wildman–Crippen MR) is 95.8 cm³/mol. The summed E-state index contributed by atoms with van der Waals surface area (Å²) in [5.41, 5.74) is 10.8. The Labute approximate surface area is 144 Å². The molecular weight excluding hydrogens is 318 g/mol. The first-order valence-electron chi connectivity index (χ1n) is 7.59. The van der Waals surface area contributed by atoms with Crippen LogP contribution in [0.2, 0.25) is 0 Å². The molecule has 7 heteroatoms. The first-order valence-corrected chi connectivity index (χ1v) is 7.59. The SMILES string of the molecule is C/C(=N/NC(=O)c1nn(-c2ccccc2)cc1O)c1ccc(N)cc1. The van der Waals surface area contributed by atoms with E-state index in [1.807, 2.05) is 42.5 Å². The van der Waals surface area contributed by atoms with Gasteiger partial charge < -0.3 is 10.8 Å². The Balaban J connectivity index is 1.76. The molecule has 0 saturated carbocycles. The fraction of sp³-hybridized carbons (Fsp3) is 0.0556. The molecule has 0 radical (unpaired) electrons. The second kappa shape index (κ2) is 6.88. The van der Waals surface area contributed by atoms with E-state index >= 15 is 0 Å². The number of hydrogen-bond donors (Lipinski definition) is 3. The van der Waals surface area contributed by atoms with E-state index in [2.05, 4.69) is 15.6 Å². The van der Waals surface area contributed by atoms with Gasteiger partial charge in [0.15, 0.2) is 11.4 Å². The zero-order valence-corrected chi connectivity index (χ0v) is 13.5. The third kappa shape index (κ3) is 3.66. The molecule has 0 aliphatic rings. The number of benzene rings is 2. The van der Waals surface area contributed by atoms with E-state index in [9.17, 15) is 9.90 Å². The van der Waals surface area contributed by atoms with Crippen molar-refractivity contribution in [2.45, 2.75) is 6.92 Å². The van der Waals surface area contributed by atoms with Gasteiger partial charge in [0.05, 0.1) is 17.6 Å². The van der Waals surface area contributed by atoms with Gasteiger partial charge >= 0.3 is 0 Å². The van der Waals surface area contributed by atoms with E-state index in [1.165, 1.54) is 10.9 Å². The molecule has 0 fully saturated rings. The van der Waals surface area contributed by atoms with E-state index in [-0.39, 0.29) is 11.4 Å². The van der Waals surface area contributed by atoms with Crippen molar-refractivity contribution in [3.8, 4) is 11.4 Å². The van der Waals surface area contributed by atoms with E-state index in [1.54, 1.807) is 19.1 Å². The number of para-hydroxylation sites is 1. The van der Waals surface area contributed by atoms with Crippen molar-refractivity contribution in [1.82, 2.24) is 15.2 Å². The van der Waals surface area contributed by atoms with Crippen LogP contribution < -0.4 is 11.2 Å². The molecule has 1 amide bonds. The summed E-state index contributed by atoms with van der Waals surface area (Å²) in [6, 6.07) is 16.3. The summed E-state index contributed by atoms with van der Waals surface area (Å²) in [6.45, 7) is 1.76. The van der Waals surface area contributed by atoms with Gasteiger partial charge in [-0.05, 0) is 36.8 Å². The Kier molecular flexibility index (Phi) is 4.47. The lowest BCUT2D eigenvalue weighted by atomic mass is 10.1. The van der Waals surface area contributed by atoms with Crippen LogP contribution in [0.4, 0.5) is 5.69 Å². The van der Waals surface area contributed by atoms with E-state index in [0.717, 1.165) is 11.3 Å². The number of anilines is 1. The molecule has 0 aliphatic carbocycles. The molecule has 1 heterocycles. The molecule has 126 valence electrons. The van der Waals surface area contributed by atoms with Crippen molar-refractivity contribution < 1.29 is 9.90 Å². The van der Waals surface area contributed by atoms with Gasteiger partial charge in [0.1, 0.15) is 0 Å². The molecule has 3 aromatic rings. The molecule has 2 aromatic carbocycles. The Morgan fingerprint density at radius 1 is 1.16 bits per heavy atom. The predicted octanol–water partition coefficient (Wildman–Crippen LogP) is 2.31. The Hall–Kier alpha value is -3.61. The molecule has 0 atom stereocenters. The average Bonchev–Trinajstić information content (AvgIpc) is 3.02. The highest BCUT2D eigenvalue weighted by Gasteiger charge is 2.16. The van der Waals surface area contributed by atoms with Gasteiger partial charge in [0.25, 0.3) is 5.91 Å². The highest BCUT2D eigenvalue weighted by molar-refractivity contribution is 6.01. The van der Waals surface area contributed by atoms with Crippen molar-refractivity contribution in [3.05, 3.63) is 72.1 Å². The van der Waals surface area contributed by atoms with Crippen molar-refractivity contribution in [3.63, 3.8) is 0 Å². The van der Waals surface area contributed by atoms with Gasteiger partial charge in [0.2, 0.25) is 0 Å². The van der Waals surface area contributed by atoms with Crippen molar-refractivity contribution in [2.75, 3.05) is 5.73 Å². The van der Waals surface area contributed by atoms with Crippen LogP contribution >= 0.6 is 0 Å². The molecule has 0 bridgehead atoms. The van der Waals surface area contributed by atoms with Crippen molar-refractivity contribution in [1.29, 1.82) is 0 Å². The molecule has 0 saturated heterocycles. The summed E-state index contributed by atoms with van der Waals surface area (Å²) >= 11 is 0. The van der Waals surface area contributed by atoms with E-state index in [0.29, 0.717) is 11.4 Å². The summed E-state index contributed by atoms with van der Waals surface area (Å²) in [4.78, 5) is 12.2. The molecule has 7 nitrogen and oxygen atoms in total. The van der Waals surface area contributed by atoms with Crippen molar-refractivity contribution >= 4 is 17.3 Å². The van der Waals surface area contributed by atoms with Crippen LogP contribution in [0.1, 0.15) is 23.0 Å². The fourth-order valence-corrected chi connectivity index (χ4v) is 2.22. The average molecular weight is 335 g/mol. The van der Waals surface area contributed by atoms with E-state index in [4.69, 9.17) is 5.73 Å². The number of nitrogens with one attached hydrogen (secondary N) is 1. The summed E-state index contributed by atoms with van der Waals surface area (Å²) in [6.07, 6.45) is 1.38. The quantitative estimate of drug-likeness (QED) is 0.386. The standard InChI is InChI=1S/C18H17N5O2/c1-12(13-7-9-14(19)10-8-13)20-21-18(25)17-16(24)11-23(22-17)15-5-3-2-4-6-15/h2-11,24H,19H2,1H3,(H,21,25)/b20-12-. The highest BCUT2D eigenvalue weighted by atomic mass is 16.3. The Morgan fingerprint density at radius 3 is 2.52 bits per heavy atom. The number of aromatic hydroxyl groups is 1. The first-order chi connectivity index (χ1) is 12.0. The lowest BCUT2D eigenvalue weighted by Crippen LogP contribution is -2.20. The maximum atomic E-state index is 12.2. The molecule has 0 aliphatic heterocycles.